The van der Waals surface area contributed by atoms with Crippen molar-refractivity contribution in [1.29, 1.82) is 0 Å². The largest absolute Gasteiger partial charge is 0.508 e. The molecule has 0 aliphatic carbocycles. The second-order valence-corrected chi connectivity index (χ2v) is 22.5. The number of unbranched alkanes of at least 4 members (excludes halogenated alkanes) is 11. The molecule has 88 heavy (non-hydrogen) atoms. The highest BCUT2D eigenvalue weighted by atomic mass is 16.4. The lowest BCUT2D eigenvalue weighted by atomic mass is 9.97. The molecule has 1 aromatic heterocycles. The number of hydrogen-bond acceptors (Lipinski definition) is 14. The summed E-state index contributed by atoms with van der Waals surface area (Å²) in [6.45, 7) is 6.02. The lowest BCUT2D eigenvalue weighted by Gasteiger charge is -2.28. The van der Waals surface area contributed by atoms with Crippen molar-refractivity contribution in [2.45, 2.75) is 205 Å². The Morgan fingerprint density at radius 1 is 0.523 bits per heavy atom. The zero-order chi connectivity index (χ0) is 65.0. The van der Waals surface area contributed by atoms with E-state index in [4.69, 9.17) is 17.2 Å². The van der Waals surface area contributed by atoms with Crippen molar-refractivity contribution in [2.75, 3.05) is 26.2 Å². The number of rotatable bonds is 45. The predicted molar refractivity (Wildman–Crippen MR) is 332 cm³/mol. The smallest absolute Gasteiger partial charge is 0.325 e. The van der Waals surface area contributed by atoms with Gasteiger partial charge in [-0.25, -0.2) is 0 Å². The third kappa shape index (κ3) is 28.1. The topological polar surface area (TPSA) is 430 Å². The lowest BCUT2D eigenvalue weighted by molar-refractivity contribution is -0.142. The van der Waals surface area contributed by atoms with Gasteiger partial charge in [0.2, 0.25) is 59.1 Å². The van der Waals surface area contributed by atoms with E-state index in [0.29, 0.717) is 31.2 Å². The maximum Gasteiger partial charge on any atom is 0.325 e. The Balaban J connectivity index is 1.68. The standard InChI is InChI=1S/C62H97N13O13/c1-5-7-8-9-10-11-12-13-14-15-16-26-52(78)70-49(34-42-36-66-45-23-18-17-22-44(42)45)56(81)68-37-53(79)67-38-54(80)75-55(39(3)6-2)61(86)72-46(24-19-20-31-63)57(82)71-47(25-21-32-64)58(83)74-50(35-51(65)77)60(85)73-48(59(84)69-40(4)62(87)88)33-41-27-29-43(76)30-28-41/h17-18,22-23,27-30,36,39-40,46-50,55,66,76H,5-16,19-21,24-26,31-35,37-38,63-64H2,1-4H3,(H2,65,77)(H,67,79)(H,68,81)(H,69,84)(H,70,78)(H,71,82)(H,72,86)(H,73,85)(H,74,83)(H,75,80)(H,87,88)/t39-,40-,46-,47-,48-,49-,50-,55-/m0/s1. The Hall–Kier alpha value is -8.13. The number of carbonyl (C=O) groups is 11. The number of aliphatic carboxylic acids is 1. The SMILES string of the molecule is CCCCCCCCCCCCCC(=O)N[C@@H](Cc1c[nH]c2ccccc12)C(=O)NCC(=O)NCC(=O)N[C@H](C(=O)N[C@@H](CCCCN)C(=O)N[C@@H](CCCN)C(=O)N[C@@H](CC(N)=O)C(=O)N[C@@H](Cc1ccc(O)cc1)C(=O)N[C@@H](C)C(=O)O)[C@@H](C)CC. The summed E-state index contributed by atoms with van der Waals surface area (Å²) in [5, 5.41) is 43.1. The summed E-state index contributed by atoms with van der Waals surface area (Å²) in [4.78, 5) is 150. The first kappa shape index (κ1) is 74.1. The number of aromatic nitrogens is 1. The minimum absolute atomic E-state index is 0.0202. The molecule has 18 N–H and O–H groups in total. The molecule has 488 valence electrons. The molecule has 0 saturated carbocycles. The van der Waals surface area contributed by atoms with Gasteiger partial charge in [0.1, 0.15) is 48.0 Å². The third-order valence-electron chi connectivity index (χ3n) is 15.1. The van der Waals surface area contributed by atoms with Crippen LogP contribution in [0.5, 0.6) is 5.75 Å². The number of nitrogens with one attached hydrogen (secondary N) is 10. The molecular formula is C62H97N13O13. The Labute approximate surface area is 515 Å². The van der Waals surface area contributed by atoms with E-state index in [1.54, 1.807) is 20.0 Å². The van der Waals surface area contributed by atoms with E-state index >= 15 is 0 Å². The van der Waals surface area contributed by atoms with Crippen LogP contribution in [0.25, 0.3) is 10.9 Å². The fourth-order valence-electron chi connectivity index (χ4n) is 9.70. The molecule has 0 radical (unpaired) electrons. The number of carbonyl (C=O) groups excluding carboxylic acids is 10. The second kappa shape index (κ2) is 41.1. The zero-order valence-corrected chi connectivity index (χ0v) is 51.6. The second-order valence-electron chi connectivity index (χ2n) is 22.5. The first-order valence-corrected chi connectivity index (χ1v) is 31.0. The number of primary amides is 1. The van der Waals surface area contributed by atoms with Crippen LogP contribution >= 0.6 is 0 Å². The van der Waals surface area contributed by atoms with Crippen molar-refractivity contribution in [3.8, 4) is 5.75 Å². The number of fused-ring (bicyclic) bond motifs is 1. The average Bonchev–Trinajstić information content (AvgIpc) is 3.70. The van der Waals surface area contributed by atoms with E-state index < -0.39 is 127 Å². The van der Waals surface area contributed by atoms with E-state index in [1.165, 1.54) is 76.1 Å². The van der Waals surface area contributed by atoms with Gasteiger partial charge in [0.05, 0.1) is 19.5 Å². The molecule has 0 unspecified atom stereocenters. The molecule has 2 aromatic carbocycles. The summed E-state index contributed by atoms with van der Waals surface area (Å²) in [5.74, 6) is -9.99. The fourth-order valence-corrected chi connectivity index (χ4v) is 9.70. The minimum atomic E-state index is -1.72. The van der Waals surface area contributed by atoms with E-state index in [1.807, 2.05) is 24.3 Å². The maximum atomic E-state index is 14.2. The number of phenolic OH excluding ortho intramolecular Hbond substituents is 1. The van der Waals surface area contributed by atoms with Crippen LogP contribution in [0.15, 0.2) is 54.7 Å². The van der Waals surface area contributed by atoms with E-state index in [9.17, 15) is 63.0 Å². The number of aromatic amines is 1. The fraction of sp³-hybridized carbons (Fsp3) is 0.597. The van der Waals surface area contributed by atoms with Crippen molar-refractivity contribution >= 4 is 75.9 Å². The van der Waals surface area contributed by atoms with Crippen molar-refractivity contribution < 1.29 is 63.0 Å². The molecule has 1 heterocycles. The average molecular weight is 1230 g/mol. The van der Waals surface area contributed by atoms with Gasteiger partial charge < -0.3 is 80.2 Å². The lowest BCUT2D eigenvalue weighted by Crippen LogP contribution is -2.60. The Morgan fingerprint density at radius 2 is 1.06 bits per heavy atom. The number of amides is 10. The number of aromatic hydroxyl groups is 1. The molecule has 0 fully saturated rings. The summed E-state index contributed by atoms with van der Waals surface area (Å²) < 4.78 is 0. The number of nitrogens with two attached hydrogens (primary N) is 3. The van der Waals surface area contributed by atoms with Crippen LogP contribution in [0.4, 0.5) is 0 Å². The van der Waals surface area contributed by atoms with Crippen LogP contribution in [0.2, 0.25) is 0 Å². The van der Waals surface area contributed by atoms with E-state index in [-0.39, 0.29) is 63.3 Å². The molecule has 0 saturated heterocycles. The number of carboxylic acids is 1. The van der Waals surface area contributed by atoms with E-state index in [0.717, 1.165) is 35.7 Å². The highest BCUT2D eigenvalue weighted by Gasteiger charge is 2.35. The Morgan fingerprint density at radius 3 is 1.66 bits per heavy atom. The summed E-state index contributed by atoms with van der Waals surface area (Å²) in [5.41, 5.74) is 19.1. The van der Waals surface area contributed by atoms with Gasteiger partial charge in [-0.15, -0.1) is 0 Å². The summed E-state index contributed by atoms with van der Waals surface area (Å²) in [6.07, 6.45) is 14.8. The number of hydrogen-bond donors (Lipinski definition) is 15. The zero-order valence-electron chi connectivity index (χ0n) is 51.6. The quantitative estimate of drug-likeness (QED) is 0.0359. The maximum absolute atomic E-state index is 14.2. The normalized spacial score (nSPS) is 13.8. The molecule has 3 rings (SSSR count). The number of H-pyrrole nitrogens is 1. The number of benzene rings is 2. The minimum Gasteiger partial charge on any atom is -0.508 e. The molecule has 10 amide bonds. The van der Waals surface area contributed by atoms with Crippen LogP contribution in [-0.2, 0) is 65.6 Å². The molecule has 26 nitrogen and oxygen atoms in total. The van der Waals surface area contributed by atoms with Crippen LogP contribution in [-0.4, -0.2) is 149 Å². The number of carboxylic acid groups (broad SMARTS) is 1. The number of phenols is 1. The van der Waals surface area contributed by atoms with Gasteiger partial charge in [0, 0.05) is 36.4 Å². The Bertz CT molecular complexity index is 2720. The van der Waals surface area contributed by atoms with Crippen LogP contribution in [0.1, 0.15) is 161 Å². The van der Waals surface area contributed by atoms with Crippen LogP contribution < -0.4 is 65.1 Å². The summed E-state index contributed by atoms with van der Waals surface area (Å²) in [6, 6.07) is 3.57. The first-order valence-electron chi connectivity index (χ1n) is 31.0. The predicted octanol–water partition coefficient (Wildman–Crippen LogP) is 1.88. The van der Waals surface area contributed by atoms with Gasteiger partial charge in [-0.2, -0.15) is 0 Å². The van der Waals surface area contributed by atoms with Gasteiger partial charge in [-0.05, 0) is 93.8 Å². The van der Waals surface area contributed by atoms with Crippen LogP contribution in [0.3, 0.4) is 0 Å². The van der Waals surface area contributed by atoms with Gasteiger partial charge >= 0.3 is 5.97 Å². The third-order valence-corrected chi connectivity index (χ3v) is 15.1. The molecule has 0 aliphatic heterocycles. The highest BCUT2D eigenvalue weighted by Crippen LogP contribution is 2.20. The van der Waals surface area contributed by atoms with Crippen molar-refractivity contribution in [1.82, 2.24) is 52.8 Å². The van der Waals surface area contributed by atoms with Gasteiger partial charge in [-0.3, -0.25) is 52.7 Å². The monoisotopic (exact) mass is 1230 g/mol. The van der Waals surface area contributed by atoms with Gasteiger partial charge in [0.25, 0.3) is 0 Å². The molecule has 0 spiro atoms. The molecule has 8 atom stereocenters. The van der Waals surface area contributed by atoms with Crippen molar-refractivity contribution in [3.05, 3.63) is 65.9 Å². The molecule has 3 aromatic rings. The Kier molecular flexibility index (Phi) is 34.6. The van der Waals surface area contributed by atoms with Crippen LogP contribution in [0, 0.1) is 5.92 Å². The van der Waals surface area contributed by atoms with E-state index in [2.05, 4.69) is 59.8 Å². The van der Waals surface area contributed by atoms with Crippen molar-refractivity contribution in [2.24, 2.45) is 23.1 Å². The van der Waals surface area contributed by atoms with Gasteiger partial charge in [0.15, 0.2) is 0 Å². The molecule has 0 aliphatic rings. The summed E-state index contributed by atoms with van der Waals surface area (Å²) in [7, 11) is 0. The molecule has 0 bridgehead atoms. The first-order chi connectivity index (χ1) is 42.1. The molecular weight excluding hydrogens is 1130 g/mol. The molecule has 26 heteroatoms. The summed E-state index contributed by atoms with van der Waals surface area (Å²) >= 11 is 0. The van der Waals surface area contributed by atoms with Gasteiger partial charge in [-0.1, -0.05) is 122 Å². The van der Waals surface area contributed by atoms with Crippen molar-refractivity contribution in [3.63, 3.8) is 0 Å². The highest BCUT2D eigenvalue weighted by molar-refractivity contribution is 5.99. The number of para-hydroxylation sites is 1.